The van der Waals surface area contributed by atoms with Crippen LogP contribution in [0.15, 0.2) is 18.2 Å². The van der Waals surface area contributed by atoms with Crippen LogP contribution in [0, 0.1) is 11.7 Å². The second-order valence-electron chi connectivity index (χ2n) is 5.82. The van der Waals surface area contributed by atoms with Crippen molar-refractivity contribution in [2.24, 2.45) is 11.7 Å². The topological polar surface area (TPSA) is 64.4 Å². The molecular formula is C15H20ClF3N2O2. The molecule has 8 heteroatoms. The standard InChI is InChI=1S/C15H19F3N2O2.ClH/c1-15(19)7-3-2-4-10(15)13(21)20-9-5-6-12(11(16)8-9)22-14(17)18;/h5-6,8,10,14H,2-4,7,19H2,1H3,(H,20,21);1H. The summed E-state index contributed by atoms with van der Waals surface area (Å²) < 4.78 is 41.8. The normalized spacial score (nSPS) is 24.0. The number of halogens is 4. The molecule has 1 aromatic carbocycles. The van der Waals surface area contributed by atoms with E-state index in [1.807, 2.05) is 6.92 Å². The number of hydrogen-bond acceptors (Lipinski definition) is 3. The number of hydrogen-bond donors (Lipinski definition) is 2. The Morgan fingerprint density at radius 1 is 1.43 bits per heavy atom. The number of anilines is 1. The Morgan fingerprint density at radius 2 is 2.13 bits per heavy atom. The lowest BCUT2D eigenvalue weighted by molar-refractivity contribution is -0.122. The minimum atomic E-state index is -3.10. The molecule has 0 spiro atoms. The maximum atomic E-state index is 13.6. The van der Waals surface area contributed by atoms with Gasteiger partial charge in [-0.05, 0) is 31.9 Å². The van der Waals surface area contributed by atoms with Crippen molar-refractivity contribution in [3.63, 3.8) is 0 Å². The summed E-state index contributed by atoms with van der Waals surface area (Å²) in [5.41, 5.74) is 5.74. The summed E-state index contributed by atoms with van der Waals surface area (Å²) in [5, 5.41) is 2.59. The monoisotopic (exact) mass is 352 g/mol. The highest BCUT2D eigenvalue weighted by atomic mass is 35.5. The third kappa shape index (κ3) is 5.00. The molecule has 0 bridgehead atoms. The van der Waals surface area contributed by atoms with Crippen LogP contribution >= 0.6 is 12.4 Å². The SMILES string of the molecule is CC1(N)CCCCC1C(=O)Nc1ccc(OC(F)F)c(F)c1.Cl. The van der Waals surface area contributed by atoms with Crippen LogP contribution < -0.4 is 15.8 Å². The second-order valence-corrected chi connectivity index (χ2v) is 5.82. The first-order chi connectivity index (χ1) is 10.3. The van der Waals surface area contributed by atoms with Crippen LogP contribution in [0.1, 0.15) is 32.6 Å². The summed E-state index contributed by atoms with van der Waals surface area (Å²) in [6, 6.07) is 3.32. The molecule has 0 heterocycles. The molecule has 1 amide bonds. The second kappa shape index (κ2) is 7.88. The van der Waals surface area contributed by atoms with Crippen LogP contribution in [0.4, 0.5) is 18.9 Å². The van der Waals surface area contributed by atoms with Crippen LogP contribution in [0.3, 0.4) is 0 Å². The highest BCUT2D eigenvalue weighted by Gasteiger charge is 2.37. The van der Waals surface area contributed by atoms with Gasteiger partial charge < -0.3 is 15.8 Å². The zero-order chi connectivity index (χ0) is 16.3. The van der Waals surface area contributed by atoms with E-state index in [0.717, 1.165) is 31.4 Å². The predicted molar refractivity (Wildman–Crippen MR) is 83.5 cm³/mol. The minimum absolute atomic E-state index is 0. The lowest BCUT2D eigenvalue weighted by Crippen LogP contribution is -2.51. The molecule has 1 saturated carbocycles. The fraction of sp³-hybridized carbons (Fsp3) is 0.533. The van der Waals surface area contributed by atoms with E-state index in [2.05, 4.69) is 10.1 Å². The number of benzene rings is 1. The molecule has 3 N–H and O–H groups in total. The van der Waals surface area contributed by atoms with Crippen molar-refractivity contribution in [2.45, 2.75) is 44.8 Å². The Labute approximate surface area is 139 Å². The molecular weight excluding hydrogens is 333 g/mol. The minimum Gasteiger partial charge on any atom is -0.432 e. The summed E-state index contributed by atoms with van der Waals surface area (Å²) in [4.78, 5) is 12.3. The Bertz CT molecular complexity index is 556. The van der Waals surface area contributed by atoms with Crippen molar-refractivity contribution in [3.8, 4) is 5.75 Å². The van der Waals surface area contributed by atoms with Crippen LogP contribution in [0.5, 0.6) is 5.75 Å². The van der Waals surface area contributed by atoms with Gasteiger partial charge in [0.05, 0.1) is 5.92 Å². The fourth-order valence-electron chi connectivity index (χ4n) is 2.79. The first kappa shape index (κ1) is 19.6. The molecule has 1 fully saturated rings. The number of alkyl halides is 2. The Kier molecular flexibility index (Phi) is 6.70. The molecule has 0 aromatic heterocycles. The van der Waals surface area contributed by atoms with Gasteiger partial charge in [0, 0.05) is 17.3 Å². The molecule has 0 saturated heterocycles. The van der Waals surface area contributed by atoms with Gasteiger partial charge in [0.2, 0.25) is 5.91 Å². The zero-order valence-corrected chi connectivity index (χ0v) is 13.5. The maximum Gasteiger partial charge on any atom is 0.387 e. The van der Waals surface area contributed by atoms with E-state index in [-0.39, 0.29) is 29.9 Å². The Hall–Kier alpha value is -1.47. The van der Waals surface area contributed by atoms with Crippen LogP contribution in [-0.4, -0.2) is 18.1 Å². The van der Waals surface area contributed by atoms with Gasteiger partial charge in [0.1, 0.15) is 0 Å². The third-order valence-electron chi connectivity index (χ3n) is 3.99. The predicted octanol–water partition coefficient (Wildman–Crippen LogP) is 3.70. The molecule has 4 nitrogen and oxygen atoms in total. The van der Waals surface area contributed by atoms with Gasteiger partial charge in [-0.25, -0.2) is 4.39 Å². The molecule has 0 aliphatic heterocycles. The molecule has 1 aliphatic rings. The van der Waals surface area contributed by atoms with E-state index in [1.165, 1.54) is 6.07 Å². The van der Waals surface area contributed by atoms with Gasteiger partial charge in [-0.2, -0.15) is 8.78 Å². The highest BCUT2D eigenvalue weighted by Crippen LogP contribution is 2.32. The van der Waals surface area contributed by atoms with Gasteiger partial charge in [-0.15, -0.1) is 12.4 Å². The summed E-state index contributed by atoms with van der Waals surface area (Å²) in [6.45, 7) is -1.27. The maximum absolute atomic E-state index is 13.6. The van der Waals surface area contributed by atoms with Crippen molar-refractivity contribution in [2.75, 3.05) is 5.32 Å². The van der Waals surface area contributed by atoms with Crippen LogP contribution in [0.25, 0.3) is 0 Å². The molecule has 1 aromatic rings. The van der Waals surface area contributed by atoms with Gasteiger partial charge in [0.15, 0.2) is 11.6 Å². The molecule has 1 aliphatic carbocycles. The highest BCUT2D eigenvalue weighted by molar-refractivity contribution is 5.93. The largest absolute Gasteiger partial charge is 0.432 e. The van der Waals surface area contributed by atoms with Crippen molar-refractivity contribution in [1.82, 2.24) is 0 Å². The third-order valence-corrected chi connectivity index (χ3v) is 3.99. The molecule has 23 heavy (non-hydrogen) atoms. The molecule has 130 valence electrons. The first-order valence-corrected chi connectivity index (χ1v) is 7.14. The van der Waals surface area contributed by atoms with E-state index in [9.17, 15) is 18.0 Å². The van der Waals surface area contributed by atoms with E-state index in [0.29, 0.717) is 6.42 Å². The molecule has 2 rings (SSSR count). The summed E-state index contributed by atoms with van der Waals surface area (Å²) in [5.74, 6) is -2.17. The van der Waals surface area contributed by atoms with E-state index in [4.69, 9.17) is 5.73 Å². The lowest BCUT2D eigenvalue weighted by Gasteiger charge is -2.37. The molecule has 2 atom stereocenters. The number of carbonyl (C=O) groups excluding carboxylic acids is 1. The zero-order valence-electron chi connectivity index (χ0n) is 12.7. The quantitative estimate of drug-likeness (QED) is 0.868. The number of amides is 1. The summed E-state index contributed by atoms with van der Waals surface area (Å²) in [6.07, 6.45) is 3.32. The molecule has 2 unspecified atom stereocenters. The number of ether oxygens (including phenoxy) is 1. The van der Waals surface area contributed by atoms with E-state index < -0.39 is 23.7 Å². The van der Waals surface area contributed by atoms with Crippen molar-refractivity contribution in [3.05, 3.63) is 24.0 Å². The lowest BCUT2D eigenvalue weighted by atomic mass is 9.74. The van der Waals surface area contributed by atoms with E-state index in [1.54, 1.807) is 0 Å². The Balaban J connectivity index is 0.00000264. The summed E-state index contributed by atoms with van der Waals surface area (Å²) in [7, 11) is 0. The first-order valence-electron chi connectivity index (χ1n) is 7.14. The number of nitrogens with one attached hydrogen (secondary N) is 1. The number of nitrogens with two attached hydrogens (primary N) is 1. The Morgan fingerprint density at radius 3 is 2.70 bits per heavy atom. The van der Waals surface area contributed by atoms with Crippen molar-refractivity contribution in [1.29, 1.82) is 0 Å². The number of rotatable bonds is 4. The van der Waals surface area contributed by atoms with Crippen LogP contribution in [-0.2, 0) is 4.79 Å². The number of carbonyl (C=O) groups is 1. The van der Waals surface area contributed by atoms with Crippen LogP contribution in [0.2, 0.25) is 0 Å². The van der Waals surface area contributed by atoms with Crippen molar-refractivity contribution >= 4 is 24.0 Å². The average molecular weight is 353 g/mol. The smallest absolute Gasteiger partial charge is 0.387 e. The average Bonchev–Trinajstić information content (AvgIpc) is 2.40. The molecule has 0 radical (unpaired) electrons. The van der Waals surface area contributed by atoms with E-state index >= 15 is 0 Å². The van der Waals surface area contributed by atoms with Gasteiger partial charge >= 0.3 is 6.61 Å². The van der Waals surface area contributed by atoms with Gasteiger partial charge in [-0.1, -0.05) is 12.8 Å². The van der Waals surface area contributed by atoms with Gasteiger partial charge in [-0.3, -0.25) is 4.79 Å². The summed E-state index contributed by atoms with van der Waals surface area (Å²) >= 11 is 0. The van der Waals surface area contributed by atoms with Crippen molar-refractivity contribution < 1.29 is 22.7 Å². The van der Waals surface area contributed by atoms with Gasteiger partial charge in [0.25, 0.3) is 0 Å². The fourth-order valence-corrected chi connectivity index (χ4v) is 2.79.